The minimum Gasteiger partial charge on any atom is -0.306 e. The fourth-order valence-corrected chi connectivity index (χ4v) is 3.66. The van der Waals surface area contributed by atoms with E-state index < -0.39 is 7.60 Å². The molecule has 0 fully saturated rings. The van der Waals surface area contributed by atoms with Crippen molar-refractivity contribution < 1.29 is 13.6 Å². The van der Waals surface area contributed by atoms with Gasteiger partial charge in [0.05, 0.1) is 18.4 Å². The van der Waals surface area contributed by atoms with Crippen LogP contribution in [0.15, 0.2) is 0 Å². The summed E-state index contributed by atoms with van der Waals surface area (Å²) in [6, 6.07) is 0. The first-order valence-electron chi connectivity index (χ1n) is 6.35. The first-order chi connectivity index (χ1) is 7.39. The lowest BCUT2D eigenvalue weighted by atomic mass is 10.2. The summed E-state index contributed by atoms with van der Waals surface area (Å²) in [7, 11) is -2.87. The molecule has 0 aromatic rings. The van der Waals surface area contributed by atoms with Gasteiger partial charge in [-0.1, -0.05) is 26.2 Å². The Morgan fingerprint density at radius 3 is 1.81 bits per heavy atom. The second-order valence-corrected chi connectivity index (χ2v) is 6.79. The predicted octanol–water partition coefficient (Wildman–Crippen LogP) is 4.61. The Hall–Kier alpha value is 0.150. The zero-order valence-corrected chi connectivity index (χ0v) is 12.3. The molecule has 0 atom stereocenters. The van der Waals surface area contributed by atoms with Gasteiger partial charge in [0.1, 0.15) is 0 Å². The van der Waals surface area contributed by atoms with Crippen LogP contribution in [0.25, 0.3) is 0 Å². The first-order valence-corrected chi connectivity index (χ1v) is 8.08. The van der Waals surface area contributed by atoms with Gasteiger partial charge in [-0.15, -0.1) is 0 Å². The monoisotopic (exact) mass is 250 g/mol. The van der Waals surface area contributed by atoms with E-state index in [1.807, 2.05) is 27.7 Å². The Balaban J connectivity index is 4.14. The van der Waals surface area contributed by atoms with E-state index in [1.165, 1.54) is 12.8 Å². The van der Waals surface area contributed by atoms with Gasteiger partial charge in [-0.25, -0.2) is 0 Å². The molecule has 16 heavy (non-hydrogen) atoms. The molecular weight excluding hydrogens is 223 g/mol. The van der Waals surface area contributed by atoms with Gasteiger partial charge in [0.2, 0.25) is 0 Å². The predicted molar refractivity (Wildman–Crippen MR) is 69.1 cm³/mol. The second-order valence-electron chi connectivity index (χ2n) is 4.70. The van der Waals surface area contributed by atoms with Crippen LogP contribution in [0.5, 0.6) is 0 Å². The van der Waals surface area contributed by atoms with Crippen LogP contribution in [-0.4, -0.2) is 18.4 Å². The molecule has 0 heterocycles. The van der Waals surface area contributed by atoms with Gasteiger partial charge in [0, 0.05) is 0 Å². The van der Waals surface area contributed by atoms with Gasteiger partial charge in [-0.3, -0.25) is 4.57 Å². The second kappa shape index (κ2) is 8.27. The largest absolute Gasteiger partial charge is 0.331 e. The minimum absolute atomic E-state index is 0.0456. The topological polar surface area (TPSA) is 35.5 Å². The molecule has 0 amide bonds. The van der Waals surface area contributed by atoms with Crippen molar-refractivity contribution in [2.24, 2.45) is 0 Å². The standard InChI is InChI=1S/C12H27O3P/c1-6-7-8-9-10-16(13,14-11(2)3)15-12(4)5/h11-12H,6-10H2,1-5H3. The molecule has 0 aromatic carbocycles. The van der Waals surface area contributed by atoms with Gasteiger partial charge < -0.3 is 9.05 Å². The van der Waals surface area contributed by atoms with E-state index in [2.05, 4.69) is 6.92 Å². The van der Waals surface area contributed by atoms with E-state index in [0.29, 0.717) is 6.16 Å². The highest BCUT2D eigenvalue weighted by atomic mass is 31.2. The van der Waals surface area contributed by atoms with Crippen molar-refractivity contribution in [3.8, 4) is 0 Å². The van der Waals surface area contributed by atoms with E-state index >= 15 is 0 Å². The highest BCUT2D eigenvalue weighted by Gasteiger charge is 2.26. The van der Waals surface area contributed by atoms with E-state index in [-0.39, 0.29) is 12.2 Å². The van der Waals surface area contributed by atoms with Crippen molar-refractivity contribution in [3.63, 3.8) is 0 Å². The molecule has 0 aliphatic carbocycles. The number of unbranched alkanes of at least 4 members (excludes halogenated alkanes) is 3. The Morgan fingerprint density at radius 1 is 0.938 bits per heavy atom. The molecule has 0 spiro atoms. The molecule has 0 aliphatic heterocycles. The molecule has 0 rings (SSSR count). The molecule has 0 saturated carbocycles. The number of hydrogen-bond acceptors (Lipinski definition) is 3. The van der Waals surface area contributed by atoms with Crippen molar-refractivity contribution in [2.75, 3.05) is 6.16 Å². The maximum atomic E-state index is 12.4. The average Bonchev–Trinajstić information content (AvgIpc) is 2.09. The Bertz CT molecular complexity index is 200. The molecule has 0 saturated heterocycles. The smallest absolute Gasteiger partial charge is 0.306 e. The van der Waals surface area contributed by atoms with Gasteiger partial charge >= 0.3 is 7.60 Å². The molecule has 0 radical (unpaired) electrons. The fourth-order valence-electron chi connectivity index (χ4n) is 1.50. The summed E-state index contributed by atoms with van der Waals surface area (Å²) in [4.78, 5) is 0. The minimum atomic E-state index is -2.87. The van der Waals surface area contributed by atoms with Crippen LogP contribution >= 0.6 is 7.60 Å². The highest BCUT2D eigenvalue weighted by Crippen LogP contribution is 2.51. The van der Waals surface area contributed by atoms with Crippen molar-refractivity contribution in [2.45, 2.75) is 72.5 Å². The Labute approximate surface area is 100 Å². The molecular formula is C12H27O3P. The molecule has 98 valence electrons. The van der Waals surface area contributed by atoms with Crippen LogP contribution in [0.3, 0.4) is 0 Å². The summed E-state index contributed by atoms with van der Waals surface area (Å²) in [6.45, 7) is 9.73. The maximum Gasteiger partial charge on any atom is 0.331 e. The lowest BCUT2D eigenvalue weighted by molar-refractivity contribution is 0.142. The number of rotatable bonds is 9. The van der Waals surface area contributed by atoms with Crippen LogP contribution < -0.4 is 0 Å². The lowest BCUT2D eigenvalue weighted by Crippen LogP contribution is -2.10. The van der Waals surface area contributed by atoms with Gasteiger partial charge in [0.25, 0.3) is 0 Å². The van der Waals surface area contributed by atoms with E-state index in [1.54, 1.807) is 0 Å². The molecule has 0 N–H and O–H groups in total. The van der Waals surface area contributed by atoms with E-state index in [4.69, 9.17) is 9.05 Å². The third-order valence-corrected chi connectivity index (χ3v) is 4.38. The third kappa shape index (κ3) is 8.32. The average molecular weight is 250 g/mol. The van der Waals surface area contributed by atoms with Crippen LogP contribution in [0.4, 0.5) is 0 Å². The normalized spacial score (nSPS) is 12.7. The van der Waals surface area contributed by atoms with Gasteiger partial charge in [-0.05, 0) is 34.1 Å². The molecule has 3 nitrogen and oxygen atoms in total. The molecule has 0 unspecified atom stereocenters. The summed E-state index contributed by atoms with van der Waals surface area (Å²) in [5.74, 6) is 0. The summed E-state index contributed by atoms with van der Waals surface area (Å²) in [6.07, 6.45) is 4.84. The fraction of sp³-hybridized carbons (Fsp3) is 1.00. The Kier molecular flexibility index (Phi) is 8.35. The molecule has 4 heteroatoms. The molecule has 0 bridgehead atoms. The van der Waals surface area contributed by atoms with Gasteiger partial charge in [0.15, 0.2) is 0 Å². The molecule has 0 aromatic heterocycles. The lowest BCUT2D eigenvalue weighted by Gasteiger charge is -2.22. The van der Waals surface area contributed by atoms with Crippen LogP contribution in [-0.2, 0) is 13.6 Å². The van der Waals surface area contributed by atoms with Crippen molar-refractivity contribution in [3.05, 3.63) is 0 Å². The first kappa shape index (κ1) is 16.1. The van der Waals surface area contributed by atoms with E-state index in [0.717, 1.165) is 12.8 Å². The highest BCUT2D eigenvalue weighted by molar-refractivity contribution is 7.53. The zero-order valence-electron chi connectivity index (χ0n) is 11.4. The van der Waals surface area contributed by atoms with Crippen molar-refractivity contribution in [1.29, 1.82) is 0 Å². The third-order valence-electron chi connectivity index (χ3n) is 2.03. The van der Waals surface area contributed by atoms with Crippen LogP contribution in [0.2, 0.25) is 0 Å². The summed E-state index contributed by atoms with van der Waals surface area (Å²) in [5, 5.41) is 0. The van der Waals surface area contributed by atoms with E-state index in [9.17, 15) is 4.57 Å². The summed E-state index contributed by atoms with van der Waals surface area (Å²) in [5.41, 5.74) is 0. The summed E-state index contributed by atoms with van der Waals surface area (Å²) >= 11 is 0. The number of hydrogen-bond donors (Lipinski definition) is 0. The van der Waals surface area contributed by atoms with Crippen molar-refractivity contribution >= 4 is 7.60 Å². The maximum absolute atomic E-state index is 12.4. The zero-order chi connectivity index (χ0) is 12.6. The van der Waals surface area contributed by atoms with Gasteiger partial charge in [-0.2, -0.15) is 0 Å². The summed E-state index contributed by atoms with van der Waals surface area (Å²) < 4.78 is 23.3. The van der Waals surface area contributed by atoms with Crippen molar-refractivity contribution in [1.82, 2.24) is 0 Å². The van der Waals surface area contributed by atoms with Crippen LogP contribution in [0, 0.1) is 0 Å². The Morgan fingerprint density at radius 2 is 1.44 bits per heavy atom. The molecule has 0 aliphatic rings. The van der Waals surface area contributed by atoms with Crippen LogP contribution in [0.1, 0.15) is 60.3 Å². The quantitative estimate of drug-likeness (QED) is 0.443. The SMILES string of the molecule is CCCCCCP(=O)(OC(C)C)OC(C)C.